The van der Waals surface area contributed by atoms with Gasteiger partial charge in [-0.15, -0.1) is 0 Å². The molecule has 5 heteroatoms. The average molecular weight is 274 g/mol. The van der Waals surface area contributed by atoms with Gasteiger partial charge in [-0.2, -0.15) is 0 Å². The number of carbonyl (C=O) groups excluding carboxylic acids is 1. The lowest BCUT2D eigenvalue weighted by Crippen LogP contribution is -2.28. The van der Waals surface area contributed by atoms with E-state index in [1.165, 1.54) is 11.8 Å². The Hall–Kier alpha value is -0.100. The molecule has 0 aromatic heterocycles. The minimum atomic E-state index is 0.178. The van der Waals surface area contributed by atoms with Crippen molar-refractivity contribution in [3.05, 3.63) is 0 Å². The highest BCUT2D eigenvalue weighted by Gasteiger charge is 2.48. The van der Waals surface area contributed by atoms with Gasteiger partial charge in [0.2, 0.25) is 0 Å². The van der Waals surface area contributed by atoms with Crippen molar-refractivity contribution >= 4 is 16.9 Å². The molecule has 1 heterocycles. The van der Waals surface area contributed by atoms with Gasteiger partial charge in [0, 0.05) is 18.8 Å². The average Bonchev–Trinajstić information content (AvgIpc) is 3.10. The third-order valence-electron chi connectivity index (χ3n) is 3.67. The SMILES string of the molecule is COCCOCCSC(=O)C1CC2OC2CC1C. The van der Waals surface area contributed by atoms with Crippen LogP contribution in [0.5, 0.6) is 0 Å². The third-order valence-corrected chi connectivity index (χ3v) is 4.63. The Kier molecular flexibility index (Phi) is 5.48. The molecule has 0 aromatic rings. The van der Waals surface area contributed by atoms with Crippen molar-refractivity contribution in [1.82, 2.24) is 0 Å². The van der Waals surface area contributed by atoms with E-state index in [0.29, 0.717) is 43.1 Å². The zero-order chi connectivity index (χ0) is 13.0. The molecule has 1 saturated carbocycles. The Morgan fingerprint density at radius 1 is 1.28 bits per heavy atom. The van der Waals surface area contributed by atoms with Crippen LogP contribution in [-0.4, -0.2) is 50.0 Å². The van der Waals surface area contributed by atoms with Crippen molar-refractivity contribution in [2.45, 2.75) is 32.0 Å². The van der Waals surface area contributed by atoms with Crippen molar-refractivity contribution in [1.29, 1.82) is 0 Å². The summed E-state index contributed by atoms with van der Waals surface area (Å²) in [6, 6.07) is 0. The van der Waals surface area contributed by atoms with Crippen molar-refractivity contribution < 1.29 is 19.0 Å². The summed E-state index contributed by atoms with van der Waals surface area (Å²) in [5.41, 5.74) is 0. The Labute approximate surface area is 113 Å². The van der Waals surface area contributed by atoms with Crippen LogP contribution in [0, 0.1) is 11.8 Å². The first kappa shape index (κ1) is 14.3. The lowest BCUT2D eigenvalue weighted by molar-refractivity contribution is -0.116. The highest BCUT2D eigenvalue weighted by atomic mass is 32.2. The molecule has 4 atom stereocenters. The van der Waals surface area contributed by atoms with E-state index in [0.717, 1.165) is 18.6 Å². The van der Waals surface area contributed by atoms with Gasteiger partial charge in [-0.1, -0.05) is 18.7 Å². The molecule has 0 aromatic carbocycles. The summed E-state index contributed by atoms with van der Waals surface area (Å²) >= 11 is 1.41. The maximum Gasteiger partial charge on any atom is 0.192 e. The second-order valence-electron chi connectivity index (χ2n) is 5.04. The molecule has 0 radical (unpaired) electrons. The van der Waals surface area contributed by atoms with Crippen LogP contribution in [0.4, 0.5) is 0 Å². The molecule has 2 aliphatic rings. The quantitative estimate of drug-likeness (QED) is 0.522. The Morgan fingerprint density at radius 2 is 2.06 bits per heavy atom. The van der Waals surface area contributed by atoms with E-state index in [1.807, 2.05) is 0 Å². The molecule has 0 N–H and O–H groups in total. The molecule has 0 bridgehead atoms. The topological polar surface area (TPSA) is 48.1 Å². The summed E-state index contributed by atoms with van der Waals surface area (Å²) in [4.78, 5) is 12.1. The first-order valence-corrected chi connectivity index (χ1v) is 7.59. The van der Waals surface area contributed by atoms with Crippen LogP contribution in [0.1, 0.15) is 19.8 Å². The summed E-state index contributed by atoms with van der Waals surface area (Å²) < 4.78 is 15.7. The molecule has 1 saturated heterocycles. The number of carbonyl (C=O) groups is 1. The molecule has 0 amide bonds. The normalized spacial score (nSPS) is 34.1. The van der Waals surface area contributed by atoms with Gasteiger partial charge in [-0.25, -0.2) is 0 Å². The van der Waals surface area contributed by atoms with Crippen LogP contribution in [0.2, 0.25) is 0 Å². The maximum absolute atomic E-state index is 12.1. The molecule has 2 fully saturated rings. The number of ether oxygens (including phenoxy) is 3. The van der Waals surface area contributed by atoms with Gasteiger partial charge < -0.3 is 14.2 Å². The number of fused-ring (bicyclic) bond motifs is 1. The molecule has 1 aliphatic carbocycles. The fourth-order valence-corrected chi connectivity index (χ4v) is 3.43. The van der Waals surface area contributed by atoms with E-state index in [1.54, 1.807) is 7.11 Å². The monoisotopic (exact) mass is 274 g/mol. The second-order valence-corrected chi connectivity index (χ2v) is 6.14. The van der Waals surface area contributed by atoms with E-state index in [-0.39, 0.29) is 5.92 Å². The van der Waals surface area contributed by atoms with Gasteiger partial charge in [0.15, 0.2) is 5.12 Å². The number of epoxide rings is 1. The van der Waals surface area contributed by atoms with Gasteiger partial charge in [0.1, 0.15) is 0 Å². The minimum absolute atomic E-state index is 0.178. The van der Waals surface area contributed by atoms with Crippen LogP contribution >= 0.6 is 11.8 Å². The maximum atomic E-state index is 12.1. The van der Waals surface area contributed by atoms with Gasteiger partial charge >= 0.3 is 0 Å². The van der Waals surface area contributed by atoms with Gasteiger partial charge in [-0.3, -0.25) is 4.79 Å². The lowest BCUT2D eigenvalue weighted by atomic mass is 9.81. The molecule has 0 spiro atoms. The van der Waals surface area contributed by atoms with Crippen LogP contribution in [0.3, 0.4) is 0 Å². The van der Waals surface area contributed by atoms with Gasteiger partial charge in [-0.05, 0) is 18.8 Å². The van der Waals surface area contributed by atoms with E-state index in [2.05, 4.69) is 6.92 Å². The predicted octanol–water partition coefficient (Wildman–Crippen LogP) is 1.72. The number of hydrogen-bond donors (Lipinski definition) is 0. The Balaban J connectivity index is 1.59. The predicted molar refractivity (Wildman–Crippen MR) is 70.7 cm³/mol. The molecule has 1 aliphatic heterocycles. The summed E-state index contributed by atoms with van der Waals surface area (Å²) in [6.45, 7) is 3.99. The molecule has 4 unspecified atom stereocenters. The van der Waals surface area contributed by atoms with Crippen molar-refractivity contribution in [2.24, 2.45) is 11.8 Å². The van der Waals surface area contributed by atoms with E-state index in [9.17, 15) is 4.79 Å². The summed E-state index contributed by atoms with van der Waals surface area (Å²) in [7, 11) is 1.65. The molecule has 18 heavy (non-hydrogen) atoms. The standard InChI is InChI=1S/C13H22O4S/c1-9-7-11-12(17-11)8-10(9)13(14)18-6-5-16-4-3-15-2/h9-12H,3-8H2,1-2H3. The molecule has 104 valence electrons. The fraction of sp³-hybridized carbons (Fsp3) is 0.923. The highest BCUT2D eigenvalue weighted by Crippen LogP contribution is 2.44. The van der Waals surface area contributed by atoms with E-state index >= 15 is 0 Å². The number of hydrogen-bond acceptors (Lipinski definition) is 5. The van der Waals surface area contributed by atoms with Crippen LogP contribution < -0.4 is 0 Å². The second kappa shape index (κ2) is 6.89. The molecular formula is C13H22O4S. The van der Waals surface area contributed by atoms with Gasteiger partial charge in [0.25, 0.3) is 0 Å². The Bertz CT molecular complexity index is 284. The van der Waals surface area contributed by atoms with Crippen molar-refractivity contribution in [3.63, 3.8) is 0 Å². The lowest BCUT2D eigenvalue weighted by Gasteiger charge is -2.24. The van der Waals surface area contributed by atoms with Crippen molar-refractivity contribution in [3.8, 4) is 0 Å². The molecule has 4 nitrogen and oxygen atoms in total. The molecule has 2 rings (SSSR count). The largest absolute Gasteiger partial charge is 0.382 e. The fourth-order valence-electron chi connectivity index (χ4n) is 2.49. The Morgan fingerprint density at radius 3 is 2.83 bits per heavy atom. The zero-order valence-corrected chi connectivity index (χ0v) is 11.9. The van der Waals surface area contributed by atoms with Crippen LogP contribution in [0.25, 0.3) is 0 Å². The molecular weight excluding hydrogens is 252 g/mol. The van der Waals surface area contributed by atoms with Crippen LogP contribution in [0.15, 0.2) is 0 Å². The number of rotatable bonds is 7. The van der Waals surface area contributed by atoms with E-state index < -0.39 is 0 Å². The highest BCUT2D eigenvalue weighted by molar-refractivity contribution is 8.13. The number of methoxy groups -OCH3 is 1. The zero-order valence-electron chi connectivity index (χ0n) is 11.1. The summed E-state index contributed by atoms with van der Waals surface area (Å²) in [5, 5.41) is 0.312. The first-order chi connectivity index (χ1) is 8.72. The van der Waals surface area contributed by atoms with Gasteiger partial charge in [0.05, 0.1) is 32.0 Å². The minimum Gasteiger partial charge on any atom is -0.382 e. The summed E-state index contributed by atoms with van der Waals surface area (Å²) in [5.74, 6) is 1.38. The summed E-state index contributed by atoms with van der Waals surface area (Å²) in [6.07, 6.45) is 2.79. The smallest absolute Gasteiger partial charge is 0.192 e. The number of thioether (sulfide) groups is 1. The van der Waals surface area contributed by atoms with Crippen LogP contribution in [-0.2, 0) is 19.0 Å². The first-order valence-electron chi connectivity index (χ1n) is 6.61. The third kappa shape index (κ3) is 3.95. The van der Waals surface area contributed by atoms with Crippen molar-refractivity contribution in [2.75, 3.05) is 32.7 Å². The van der Waals surface area contributed by atoms with E-state index in [4.69, 9.17) is 14.2 Å².